The molecule has 1 heterocycles. The van der Waals surface area contributed by atoms with Crippen LogP contribution >= 0.6 is 11.3 Å². The Balaban J connectivity index is 2.92. The quantitative estimate of drug-likeness (QED) is 0.489. The Hall–Kier alpha value is -0.235. The minimum Gasteiger partial charge on any atom is -0.160 e. The topological polar surface area (TPSA) is 0 Å². The minimum absolute atomic E-state index is 0.965. The van der Waals surface area contributed by atoms with Gasteiger partial charge < -0.3 is 0 Å². The van der Waals surface area contributed by atoms with E-state index in [2.05, 4.69) is 13.0 Å². The lowest BCUT2D eigenvalue weighted by atomic mass is 10.0. The van der Waals surface area contributed by atoms with Crippen molar-refractivity contribution in [1.29, 1.82) is 0 Å². The van der Waals surface area contributed by atoms with Gasteiger partial charge in [0.05, 0.1) is 0 Å². The van der Waals surface area contributed by atoms with Gasteiger partial charge in [0.25, 0.3) is 0 Å². The van der Waals surface area contributed by atoms with Crippen LogP contribution in [0.2, 0.25) is 0 Å². The maximum atomic E-state index is 5.57. The number of hydrogen-bond acceptors (Lipinski definition) is 1. The van der Waals surface area contributed by atoms with E-state index in [-0.39, 0.29) is 0 Å². The third-order valence-electron chi connectivity index (χ3n) is 1.16. The third-order valence-corrected chi connectivity index (χ3v) is 1.95. The lowest BCUT2D eigenvalue weighted by Crippen LogP contribution is -2.00. The summed E-state index contributed by atoms with van der Waals surface area (Å²) in [4.78, 5) is 0. The van der Waals surface area contributed by atoms with Crippen LogP contribution in [-0.4, -0.2) is 7.85 Å². The molecule has 0 atom stereocenters. The molecule has 0 unspecified atom stereocenters. The fraction of sp³-hybridized carbons (Fsp3) is 0.333. The Bertz CT molecular complexity index is 169. The number of aryl methyl sites for hydroxylation is 1. The van der Waals surface area contributed by atoms with Crippen molar-refractivity contribution in [1.82, 2.24) is 0 Å². The summed E-state index contributed by atoms with van der Waals surface area (Å²) in [6.45, 7) is 2.11. The van der Waals surface area contributed by atoms with E-state index in [1.165, 1.54) is 5.56 Å². The lowest BCUT2D eigenvalue weighted by molar-refractivity contribution is 1.17. The molecular weight excluding hydrogens is 115 g/mol. The fourth-order valence-corrected chi connectivity index (χ4v) is 1.38. The van der Waals surface area contributed by atoms with Crippen LogP contribution in [0, 0.1) is 0 Å². The van der Waals surface area contributed by atoms with E-state index in [1.54, 1.807) is 11.3 Å². The predicted octanol–water partition coefficient (Wildman–Crippen LogP) is 1.10. The first-order valence-corrected chi connectivity index (χ1v) is 3.54. The van der Waals surface area contributed by atoms with E-state index in [0.717, 1.165) is 11.2 Å². The van der Waals surface area contributed by atoms with Crippen molar-refractivity contribution in [2.45, 2.75) is 13.3 Å². The molecule has 0 saturated carbocycles. The van der Waals surface area contributed by atoms with Crippen molar-refractivity contribution in [2.24, 2.45) is 0 Å². The summed E-state index contributed by atoms with van der Waals surface area (Å²) < 4.78 is 0.965. The largest absolute Gasteiger partial charge is 0.160 e. The summed E-state index contributed by atoms with van der Waals surface area (Å²) in [5.41, 5.74) is 1.27. The van der Waals surface area contributed by atoms with Gasteiger partial charge in [-0.3, -0.25) is 0 Å². The number of rotatable bonds is 1. The zero-order chi connectivity index (χ0) is 5.98. The van der Waals surface area contributed by atoms with Crippen LogP contribution in [0.15, 0.2) is 11.4 Å². The fourth-order valence-electron chi connectivity index (χ4n) is 0.639. The predicted molar refractivity (Wildman–Crippen MR) is 39.1 cm³/mol. The van der Waals surface area contributed by atoms with Crippen molar-refractivity contribution in [3.8, 4) is 0 Å². The van der Waals surface area contributed by atoms with Crippen molar-refractivity contribution in [2.75, 3.05) is 0 Å². The summed E-state index contributed by atoms with van der Waals surface area (Å²) in [5, 5.41) is 2.02. The van der Waals surface area contributed by atoms with Gasteiger partial charge in [0, 0.05) is 0 Å². The normalized spacial score (nSPS) is 9.62. The van der Waals surface area contributed by atoms with E-state index in [9.17, 15) is 0 Å². The lowest BCUT2D eigenvalue weighted by Gasteiger charge is -1.88. The highest BCUT2D eigenvalue weighted by Crippen LogP contribution is 2.00. The van der Waals surface area contributed by atoms with Gasteiger partial charge in [-0.15, -0.1) is 0 Å². The van der Waals surface area contributed by atoms with E-state index in [4.69, 9.17) is 7.85 Å². The summed E-state index contributed by atoms with van der Waals surface area (Å²) >= 11 is 1.61. The van der Waals surface area contributed by atoms with Gasteiger partial charge in [0.2, 0.25) is 0 Å². The average Bonchev–Trinajstić information content (AvgIpc) is 2.14. The Kier molecular flexibility index (Phi) is 1.74. The zero-order valence-electron chi connectivity index (χ0n) is 4.85. The van der Waals surface area contributed by atoms with Crippen molar-refractivity contribution >= 4 is 24.0 Å². The van der Waals surface area contributed by atoms with Crippen LogP contribution in [0.3, 0.4) is 0 Å². The van der Waals surface area contributed by atoms with Crippen LogP contribution in [-0.2, 0) is 6.42 Å². The molecule has 40 valence electrons. The molecule has 8 heavy (non-hydrogen) atoms. The van der Waals surface area contributed by atoms with E-state index < -0.39 is 0 Å². The van der Waals surface area contributed by atoms with Gasteiger partial charge >= 0.3 is 0 Å². The van der Waals surface area contributed by atoms with Crippen molar-refractivity contribution < 1.29 is 0 Å². The van der Waals surface area contributed by atoms with E-state index in [1.807, 2.05) is 5.38 Å². The third kappa shape index (κ3) is 0.946. The van der Waals surface area contributed by atoms with Crippen LogP contribution in [0.25, 0.3) is 0 Å². The molecule has 0 saturated heterocycles. The molecule has 1 aromatic heterocycles. The number of thiophene rings is 1. The molecule has 0 amide bonds. The van der Waals surface area contributed by atoms with Gasteiger partial charge in [-0.25, -0.2) is 0 Å². The molecule has 0 aliphatic rings. The highest BCUT2D eigenvalue weighted by Gasteiger charge is 1.91. The second-order valence-corrected chi connectivity index (χ2v) is 2.61. The van der Waals surface area contributed by atoms with Crippen LogP contribution in [0.5, 0.6) is 0 Å². The van der Waals surface area contributed by atoms with E-state index in [0.29, 0.717) is 0 Å². The second kappa shape index (κ2) is 2.36. The van der Waals surface area contributed by atoms with Gasteiger partial charge in [0.15, 0.2) is 0 Å². The molecule has 0 aliphatic carbocycles. The Morgan fingerprint density at radius 3 is 2.75 bits per heavy atom. The van der Waals surface area contributed by atoms with Gasteiger partial charge in [0.1, 0.15) is 7.85 Å². The van der Waals surface area contributed by atoms with Crippen molar-refractivity contribution in [3.63, 3.8) is 0 Å². The van der Waals surface area contributed by atoms with E-state index >= 15 is 0 Å². The maximum Gasteiger partial charge on any atom is 0.129 e. The first-order chi connectivity index (χ1) is 3.84. The first-order valence-electron chi connectivity index (χ1n) is 2.66. The van der Waals surface area contributed by atoms with Crippen molar-refractivity contribution in [3.05, 3.63) is 17.0 Å². The van der Waals surface area contributed by atoms with Crippen LogP contribution in [0.4, 0.5) is 0 Å². The molecule has 0 aliphatic heterocycles. The monoisotopic (exact) mass is 122 g/mol. The Morgan fingerprint density at radius 1 is 1.75 bits per heavy atom. The van der Waals surface area contributed by atoms with Gasteiger partial charge in [-0.05, 0) is 28.2 Å². The molecule has 1 rings (SSSR count). The van der Waals surface area contributed by atoms with Crippen LogP contribution in [0.1, 0.15) is 12.5 Å². The zero-order valence-corrected chi connectivity index (χ0v) is 5.66. The molecule has 0 fully saturated rings. The van der Waals surface area contributed by atoms with Crippen LogP contribution < -0.4 is 4.78 Å². The summed E-state index contributed by atoms with van der Waals surface area (Å²) in [7, 11) is 5.57. The molecule has 1 aromatic rings. The Morgan fingerprint density at radius 2 is 2.50 bits per heavy atom. The highest BCUT2D eigenvalue weighted by atomic mass is 32.1. The molecule has 0 spiro atoms. The maximum absolute atomic E-state index is 5.57. The SMILES string of the molecule is [B]c1sccc1CC. The molecule has 2 heteroatoms. The standard InChI is InChI=1S/C6H7BS/c1-2-5-3-4-8-6(5)7/h3-4H,2H2,1H3. The van der Waals surface area contributed by atoms with Gasteiger partial charge in [-0.1, -0.05) is 6.92 Å². The summed E-state index contributed by atoms with van der Waals surface area (Å²) in [5.74, 6) is 0. The molecule has 0 aromatic carbocycles. The molecule has 0 nitrogen and oxygen atoms in total. The molecular formula is C6H7BS. The van der Waals surface area contributed by atoms with Gasteiger partial charge in [-0.2, -0.15) is 11.3 Å². The molecule has 0 N–H and O–H groups in total. The smallest absolute Gasteiger partial charge is 0.129 e. The Labute approximate surface area is 55.0 Å². The summed E-state index contributed by atoms with van der Waals surface area (Å²) in [6.07, 6.45) is 1.05. The first kappa shape index (κ1) is 5.89. The average molecular weight is 122 g/mol. The molecule has 0 bridgehead atoms. The second-order valence-electron chi connectivity index (χ2n) is 1.66. The summed E-state index contributed by atoms with van der Waals surface area (Å²) in [6, 6.07) is 2.07. The highest BCUT2D eigenvalue weighted by molar-refractivity contribution is 7.18. The number of hydrogen-bond donors (Lipinski definition) is 0. The minimum atomic E-state index is 0.965. The molecule has 2 radical (unpaired) electrons.